The number of carbonyl (C=O) groups excluding carboxylic acids is 4. The van der Waals surface area contributed by atoms with Crippen LogP contribution in [0.5, 0.6) is 5.75 Å². The van der Waals surface area contributed by atoms with Crippen molar-refractivity contribution < 1.29 is 23.9 Å². The first-order chi connectivity index (χ1) is 13.0. The summed E-state index contributed by atoms with van der Waals surface area (Å²) in [6.07, 6.45) is 7.26. The molecule has 0 aromatic heterocycles. The van der Waals surface area contributed by atoms with E-state index in [-0.39, 0.29) is 11.8 Å². The average Bonchev–Trinajstić information content (AvgIpc) is 2.91. The number of nitrogens with one attached hydrogen (secondary N) is 1. The molecule has 0 atom stereocenters. The van der Waals surface area contributed by atoms with Crippen LogP contribution in [0.4, 0.5) is 0 Å². The van der Waals surface area contributed by atoms with Crippen molar-refractivity contribution in [3.63, 3.8) is 0 Å². The monoisotopic (exact) mass is 377 g/mol. The summed E-state index contributed by atoms with van der Waals surface area (Å²) in [4.78, 5) is 42.5. The first-order valence-electron chi connectivity index (χ1n) is 8.87. The van der Waals surface area contributed by atoms with Crippen LogP contribution in [0.2, 0.25) is 0 Å². The summed E-state index contributed by atoms with van der Waals surface area (Å²) in [7, 11) is 3.04. The second-order valence-corrected chi connectivity index (χ2v) is 6.04. The maximum atomic E-state index is 11.7. The smallest absolute Gasteiger partial charge is 0.276 e. The molecule has 27 heavy (non-hydrogen) atoms. The summed E-state index contributed by atoms with van der Waals surface area (Å²) in [6.45, 7) is 0. The van der Waals surface area contributed by atoms with Gasteiger partial charge >= 0.3 is 0 Å². The summed E-state index contributed by atoms with van der Waals surface area (Å²) in [5.41, 5.74) is 8.69. The molecule has 8 nitrogen and oxygen atoms in total. The van der Waals surface area contributed by atoms with Crippen molar-refractivity contribution in [3.8, 4) is 5.75 Å². The van der Waals surface area contributed by atoms with E-state index in [1.807, 2.05) is 0 Å². The number of methoxy groups -OCH3 is 1. The highest BCUT2D eigenvalue weighted by atomic mass is 16.5. The van der Waals surface area contributed by atoms with Crippen molar-refractivity contribution >= 4 is 24.4 Å². The Morgan fingerprint density at radius 3 is 2.11 bits per heavy atom. The van der Waals surface area contributed by atoms with Gasteiger partial charge < -0.3 is 20.1 Å². The van der Waals surface area contributed by atoms with E-state index < -0.39 is 0 Å². The lowest BCUT2D eigenvalue weighted by atomic mass is 9.95. The molecule has 0 radical (unpaired) electrons. The van der Waals surface area contributed by atoms with E-state index in [9.17, 15) is 19.2 Å². The highest BCUT2D eigenvalue weighted by Crippen LogP contribution is 2.25. The third-order valence-corrected chi connectivity index (χ3v) is 4.11. The van der Waals surface area contributed by atoms with Crippen LogP contribution in [0.3, 0.4) is 0 Å². The van der Waals surface area contributed by atoms with Gasteiger partial charge in [-0.1, -0.05) is 6.42 Å². The van der Waals surface area contributed by atoms with Crippen LogP contribution in [0.25, 0.3) is 0 Å². The van der Waals surface area contributed by atoms with Gasteiger partial charge in [0.25, 0.3) is 11.8 Å². The molecule has 1 saturated carbocycles. The van der Waals surface area contributed by atoms with Crippen molar-refractivity contribution in [1.29, 1.82) is 0 Å². The number of imide groups is 1. The summed E-state index contributed by atoms with van der Waals surface area (Å²) < 4.78 is 4.99. The van der Waals surface area contributed by atoms with Crippen molar-refractivity contribution in [3.05, 3.63) is 29.3 Å². The van der Waals surface area contributed by atoms with E-state index in [4.69, 9.17) is 10.5 Å². The average molecular weight is 377 g/mol. The lowest BCUT2D eigenvalue weighted by Crippen LogP contribution is -2.39. The maximum Gasteiger partial charge on any atom is 0.276 e. The highest BCUT2D eigenvalue weighted by molar-refractivity contribution is 6.21. The van der Waals surface area contributed by atoms with Crippen LogP contribution in [-0.4, -0.2) is 49.6 Å². The zero-order valence-corrected chi connectivity index (χ0v) is 15.8. The number of nitrogens with two attached hydrogens (primary N) is 1. The van der Waals surface area contributed by atoms with Crippen LogP contribution in [0.1, 0.15) is 59.2 Å². The van der Waals surface area contributed by atoms with Gasteiger partial charge in [-0.05, 0) is 37.5 Å². The fourth-order valence-electron chi connectivity index (χ4n) is 2.27. The van der Waals surface area contributed by atoms with Crippen LogP contribution >= 0.6 is 0 Å². The first-order valence-corrected chi connectivity index (χ1v) is 8.87. The van der Waals surface area contributed by atoms with Crippen LogP contribution < -0.4 is 15.9 Å². The Balaban J connectivity index is 0.000000251. The molecule has 3 rings (SSSR count). The molecular weight excluding hydrogens is 350 g/mol. The Kier molecular flexibility index (Phi) is 9.92. The Morgan fingerprint density at radius 1 is 1.15 bits per heavy atom. The highest BCUT2D eigenvalue weighted by Gasteiger charge is 2.35. The van der Waals surface area contributed by atoms with Gasteiger partial charge in [-0.2, -0.15) is 0 Å². The number of nitrogens with zero attached hydrogens (tertiary/aromatic N) is 1. The molecule has 8 heteroatoms. The minimum Gasteiger partial charge on any atom is -0.497 e. The third kappa shape index (κ3) is 6.58. The number of amides is 2. The number of benzene rings is 1. The largest absolute Gasteiger partial charge is 0.497 e. The predicted molar refractivity (Wildman–Crippen MR) is 100 cm³/mol. The number of ether oxygens (including phenoxy) is 1. The van der Waals surface area contributed by atoms with Gasteiger partial charge in [-0.25, -0.2) is 10.4 Å². The molecule has 2 aliphatic rings. The fourth-order valence-corrected chi connectivity index (χ4v) is 2.27. The summed E-state index contributed by atoms with van der Waals surface area (Å²) in [5.74, 6) is -0.121. The molecule has 148 valence electrons. The number of aldehydes is 2. The standard InChI is InChI=1S/C10H10N2O3.C5H8O2.C4H9N/c1-11-12-9(13)7-4-3-6(15-2)5-8(7)10(12)14;6-4-2-1-3-5-7;5-4-2-1-3-4/h3-5,11H,1-2H3;4-5H,1-3H2;4H,1-3,5H2. The van der Waals surface area contributed by atoms with Gasteiger partial charge in [0.15, 0.2) is 0 Å². The zero-order valence-electron chi connectivity index (χ0n) is 15.8. The molecule has 1 aliphatic heterocycles. The van der Waals surface area contributed by atoms with Crippen molar-refractivity contribution in [2.24, 2.45) is 5.73 Å². The van der Waals surface area contributed by atoms with Crippen molar-refractivity contribution in [1.82, 2.24) is 10.4 Å². The molecule has 0 saturated heterocycles. The zero-order chi connectivity index (χ0) is 20.2. The van der Waals surface area contributed by atoms with E-state index in [2.05, 4.69) is 5.43 Å². The van der Waals surface area contributed by atoms with E-state index in [1.165, 1.54) is 33.4 Å². The number of carbonyl (C=O) groups is 4. The molecule has 0 bridgehead atoms. The minimum atomic E-state index is -0.351. The second kappa shape index (κ2) is 11.9. The third-order valence-electron chi connectivity index (χ3n) is 4.11. The molecule has 1 aliphatic carbocycles. The minimum absolute atomic E-state index is 0.333. The number of hydrogen-bond acceptors (Lipinski definition) is 7. The van der Waals surface area contributed by atoms with Gasteiger partial charge in [0.2, 0.25) is 0 Å². The van der Waals surface area contributed by atoms with E-state index >= 15 is 0 Å². The molecular formula is C19H27N3O5. The Hall–Kier alpha value is -2.58. The Labute approximate surface area is 159 Å². The molecule has 1 heterocycles. The summed E-state index contributed by atoms with van der Waals surface area (Å²) in [6, 6.07) is 5.37. The first kappa shape index (κ1) is 22.5. The molecule has 0 spiro atoms. The quantitative estimate of drug-likeness (QED) is 0.438. The molecule has 1 aromatic rings. The van der Waals surface area contributed by atoms with Crippen LogP contribution in [0, 0.1) is 0 Å². The van der Waals surface area contributed by atoms with Gasteiger partial charge in [0, 0.05) is 25.9 Å². The Bertz CT molecular complexity index is 651. The van der Waals surface area contributed by atoms with Crippen molar-refractivity contribution in [2.75, 3.05) is 14.2 Å². The number of hydrazine groups is 1. The van der Waals surface area contributed by atoms with Crippen LogP contribution in [0.15, 0.2) is 18.2 Å². The lowest BCUT2D eigenvalue weighted by Gasteiger charge is -2.18. The molecule has 1 fully saturated rings. The van der Waals surface area contributed by atoms with Gasteiger partial charge in [0.1, 0.15) is 18.3 Å². The number of rotatable bonds is 6. The van der Waals surface area contributed by atoms with Crippen molar-refractivity contribution in [2.45, 2.75) is 44.6 Å². The van der Waals surface area contributed by atoms with E-state index in [0.29, 0.717) is 42.2 Å². The SMILES string of the molecule is CNN1C(=O)c2ccc(OC)cc2C1=O.NC1CCC1.O=CCCCC=O. The lowest BCUT2D eigenvalue weighted by molar-refractivity contribution is -0.108. The summed E-state index contributed by atoms with van der Waals surface area (Å²) in [5, 5.41) is 0.976. The predicted octanol–water partition coefficient (Wildman–Crippen LogP) is 1.48. The van der Waals surface area contributed by atoms with E-state index in [1.54, 1.807) is 18.2 Å². The molecule has 0 unspecified atom stereocenters. The van der Waals surface area contributed by atoms with E-state index in [0.717, 1.165) is 17.6 Å². The molecule has 3 N–H and O–H groups in total. The molecule has 2 amide bonds. The van der Waals surface area contributed by atoms with Gasteiger partial charge in [-0.3, -0.25) is 9.59 Å². The Morgan fingerprint density at radius 2 is 1.70 bits per heavy atom. The number of unbranched alkanes of at least 4 members (excludes halogenated alkanes) is 2. The maximum absolute atomic E-state index is 11.7. The summed E-state index contributed by atoms with van der Waals surface area (Å²) >= 11 is 0. The second-order valence-electron chi connectivity index (χ2n) is 6.04. The normalized spacial score (nSPS) is 14.9. The molecule has 1 aromatic carbocycles. The number of fused-ring (bicyclic) bond motifs is 1. The number of hydrogen-bond donors (Lipinski definition) is 2. The van der Waals surface area contributed by atoms with Gasteiger partial charge in [0.05, 0.1) is 18.2 Å². The van der Waals surface area contributed by atoms with Crippen LogP contribution in [-0.2, 0) is 9.59 Å². The topological polar surface area (TPSA) is 119 Å². The van der Waals surface area contributed by atoms with Gasteiger partial charge in [-0.15, -0.1) is 0 Å². The fraction of sp³-hybridized carbons (Fsp3) is 0.474.